The summed E-state index contributed by atoms with van der Waals surface area (Å²) in [6.45, 7) is 6.46. The number of rotatable bonds is 5. The molecular weight excluding hydrogens is 356 g/mol. The van der Waals surface area contributed by atoms with Crippen LogP contribution in [-0.4, -0.2) is 53.5 Å². The molecule has 7 heteroatoms. The van der Waals surface area contributed by atoms with E-state index in [4.69, 9.17) is 26.8 Å². The van der Waals surface area contributed by atoms with Crippen molar-refractivity contribution in [3.05, 3.63) is 34.9 Å². The summed E-state index contributed by atoms with van der Waals surface area (Å²) in [5.74, 6) is 0. The van der Waals surface area contributed by atoms with Crippen molar-refractivity contribution in [3.8, 4) is 0 Å². The molecule has 1 aromatic carbocycles. The SMILES string of the molecule is CC(C)(C)OC(=O)N1CCCC(N)(C(OCCO)c2cccc(Cl)c2)C1. The fourth-order valence-corrected chi connectivity index (χ4v) is 3.44. The molecule has 1 fully saturated rings. The first-order valence-electron chi connectivity index (χ1n) is 8.89. The smallest absolute Gasteiger partial charge is 0.410 e. The largest absolute Gasteiger partial charge is 0.444 e. The van der Waals surface area contributed by atoms with Crippen molar-refractivity contribution < 1.29 is 19.4 Å². The number of ether oxygens (including phenoxy) is 2. The number of hydrogen-bond acceptors (Lipinski definition) is 5. The summed E-state index contributed by atoms with van der Waals surface area (Å²) < 4.78 is 11.4. The number of carbonyl (C=O) groups is 1. The topological polar surface area (TPSA) is 85.0 Å². The zero-order valence-electron chi connectivity index (χ0n) is 15.7. The Labute approximate surface area is 160 Å². The number of nitrogens with zero attached hydrogens (tertiary/aromatic N) is 1. The summed E-state index contributed by atoms with van der Waals surface area (Å²) in [7, 11) is 0. The molecule has 26 heavy (non-hydrogen) atoms. The second kappa shape index (κ2) is 8.57. The monoisotopic (exact) mass is 384 g/mol. The molecule has 6 nitrogen and oxygen atoms in total. The summed E-state index contributed by atoms with van der Waals surface area (Å²) in [5, 5.41) is 9.78. The van der Waals surface area contributed by atoms with Crippen LogP contribution in [0.3, 0.4) is 0 Å². The standard InChI is InChI=1S/C19H29ClN2O4/c1-18(2,3)26-17(24)22-9-5-8-19(21,13-22)16(25-11-10-23)14-6-4-7-15(20)12-14/h4,6-7,12,16,23H,5,8-11,13,21H2,1-3H3. The second-order valence-electron chi connectivity index (χ2n) is 7.77. The van der Waals surface area contributed by atoms with Crippen LogP contribution in [-0.2, 0) is 9.47 Å². The van der Waals surface area contributed by atoms with Crippen LogP contribution < -0.4 is 5.73 Å². The van der Waals surface area contributed by atoms with E-state index < -0.39 is 17.2 Å². The van der Waals surface area contributed by atoms with Gasteiger partial charge in [0.05, 0.1) is 18.8 Å². The van der Waals surface area contributed by atoms with E-state index in [0.29, 0.717) is 24.5 Å². The minimum absolute atomic E-state index is 0.108. The number of piperidine rings is 1. The molecule has 0 radical (unpaired) electrons. The van der Waals surface area contributed by atoms with Gasteiger partial charge in [0, 0.05) is 18.1 Å². The van der Waals surface area contributed by atoms with E-state index >= 15 is 0 Å². The number of amides is 1. The Balaban J connectivity index is 2.23. The minimum Gasteiger partial charge on any atom is -0.444 e. The van der Waals surface area contributed by atoms with Crippen LogP contribution in [0.25, 0.3) is 0 Å². The third kappa shape index (κ3) is 5.58. The quantitative estimate of drug-likeness (QED) is 0.814. The van der Waals surface area contributed by atoms with Crippen LogP contribution in [0.1, 0.15) is 45.3 Å². The number of halogens is 1. The van der Waals surface area contributed by atoms with Gasteiger partial charge in [-0.3, -0.25) is 0 Å². The van der Waals surface area contributed by atoms with Crippen molar-refractivity contribution in [1.29, 1.82) is 0 Å². The molecular formula is C19H29ClN2O4. The maximum absolute atomic E-state index is 12.5. The van der Waals surface area contributed by atoms with E-state index in [0.717, 1.165) is 12.0 Å². The zero-order chi connectivity index (χ0) is 19.4. The number of hydrogen-bond donors (Lipinski definition) is 2. The highest BCUT2D eigenvalue weighted by Crippen LogP contribution is 2.36. The summed E-state index contributed by atoms with van der Waals surface area (Å²) in [6, 6.07) is 7.33. The van der Waals surface area contributed by atoms with Crippen molar-refractivity contribution in [2.75, 3.05) is 26.3 Å². The molecule has 0 saturated carbocycles. The molecule has 2 unspecified atom stereocenters. The molecule has 0 aromatic heterocycles. The molecule has 2 atom stereocenters. The number of nitrogens with two attached hydrogens (primary N) is 1. The number of aliphatic hydroxyl groups excluding tert-OH is 1. The molecule has 3 N–H and O–H groups in total. The molecule has 1 aliphatic heterocycles. The second-order valence-corrected chi connectivity index (χ2v) is 8.20. The average Bonchev–Trinajstić information content (AvgIpc) is 2.53. The molecule has 1 amide bonds. The molecule has 146 valence electrons. The van der Waals surface area contributed by atoms with E-state index in [1.165, 1.54) is 0 Å². The first-order chi connectivity index (χ1) is 12.1. The predicted molar refractivity (Wildman–Crippen MR) is 101 cm³/mol. The van der Waals surface area contributed by atoms with Gasteiger partial charge >= 0.3 is 6.09 Å². The predicted octanol–water partition coefficient (Wildman–Crippen LogP) is 3.12. The lowest BCUT2D eigenvalue weighted by Crippen LogP contribution is -2.60. The maximum atomic E-state index is 12.5. The van der Waals surface area contributed by atoms with Crippen LogP contribution in [0.4, 0.5) is 4.79 Å². The molecule has 0 bridgehead atoms. The Morgan fingerprint density at radius 1 is 1.46 bits per heavy atom. The van der Waals surface area contributed by atoms with Gasteiger partial charge in [-0.2, -0.15) is 0 Å². The van der Waals surface area contributed by atoms with Gasteiger partial charge < -0.3 is 25.2 Å². The zero-order valence-corrected chi connectivity index (χ0v) is 16.5. The summed E-state index contributed by atoms with van der Waals surface area (Å²) in [4.78, 5) is 14.1. The lowest BCUT2D eigenvalue weighted by molar-refractivity contribution is -0.0475. The number of carbonyl (C=O) groups excluding carboxylic acids is 1. The summed E-state index contributed by atoms with van der Waals surface area (Å²) in [5.41, 5.74) is 6.19. The van der Waals surface area contributed by atoms with Crippen LogP contribution in [0, 0.1) is 0 Å². The van der Waals surface area contributed by atoms with Gasteiger partial charge in [0.25, 0.3) is 0 Å². The Kier molecular flexibility index (Phi) is 6.91. The summed E-state index contributed by atoms with van der Waals surface area (Å²) >= 11 is 6.13. The van der Waals surface area contributed by atoms with Gasteiger partial charge in [0.2, 0.25) is 0 Å². The van der Waals surface area contributed by atoms with Crippen LogP contribution in [0.15, 0.2) is 24.3 Å². The highest BCUT2D eigenvalue weighted by molar-refractivity contribution is 6.30. The van der Waals surface area contributed by atoms with Gasteiger partial charge in [-0.1, -0.05) is 23.7 Å². The van der Waals surface area contributed by atoms with E-state index in [2.05, 4.69) is 0 Å². The molecule has 1 saturated heterocycles. The Morgan fingerprint density at radius 3 is 2.81 bits per heavy atom. The Morgan fingerprint density at radius 2 is 2.19 bits per heavy atom. The molecule has 1 heterocycles. The van der Waals surface area contributed by atoms with E-state index in [1.807, 2.05) is 39.0 Å². The van der Waals surface area contributed by atoms with Crippen molar-refractivity contribution >= 4 is 17.7 Å². The first-order valence-corrected chi connectivity index (χ1v) is 9.27. The summed E-state index contributed by atoms with van der Waals surface area (Å²) in [6.07, 6.45) is 0.571. The van der Waals surface area contributed by atoms with Gasteiger partial charge in [-0.25, -0.2) is 4.79 Å². The molecule has 0 spiro atoms. The molecule has 1 aromatic rings. The highest BCUT2D eigenvalue weighted by atomic mass is 35.5. The normalized spacial score (nSPS) is 22.2. The fraction of sp³-hybridized carbons (Fsp3) is 0.632. The third-order valence-corrected chi connectivity index (χ3v) is 4.49. The van der Waals surface area contributed by atoms with Gasteiger partial charge in [-0.05, 0) is 51.3 Å². The number of likely N-dealkylation sites (tertiary alicyclic amines) is 1. The lowest BCUT2D eigenvalue weighted by Gasteiger charge is -2.44. The van der Waals surface area contributed by atoms with Crippen molar-refractivity contribution in [2.24, 2.45) is 5.73 Å². The minimum atomic E-state index is -0.797. The van der Waals surface area contributed by atoms with E-state index in [1.54, 1.807) is 11.0 Å². The van der Waals surface area contributed by atoms with Crippen molar-refractivity contribution in [3.63, 3.8) is 0 Å². The van der Waals surface area contributed by atoms with Gasteiger partial charge in [0.15, 0.2) is 0 Å². The third-order valence-electron chi connectivity index (χ3n) is 4.26. The molecule has 0 aliphatic carbocycles. The average molecular weight is 385 g/mol. The maximum Gasteiger partial charge on any atom is 0.410 e. The van der Waals surface area contributed by atoms with Crippen LogP contribution >= 0.6 is 11.6 Å². The lowest BCUT2D eigenvalue weighted by atomic mass is 9.81. The van der Waals surface area contributed by atoms with E-state index in [9.17, 15) is 9.90 Å². The first kappa shape index (κ1) is 21.0. The number of benzene rings is 1. The van der Waals surface area contributed by atoms with Crippen molar-refractivity contribution in [1.82, 2.24) is 4.90 Å². The Bertz CT molecular complexity index is 620. The highest BCUT2D eigenvalue weighted by Gasteiger charge is 2.42. The fourth-order valence-electron chi connectivity index (χ4n) is 3.24. The van der Waals surface area contributed by atoms with Gasteiger partial charge in [-0.15, -0.1) is 0 Å². The van der Waals surface area contributed by atoms with Gasteiger partial charge in [0.1, 0.15) is 11.7 Å². The molecule has 1 aliphatic rings. The van der Waals surface area contributed by atoms with Crippen molar-refractivity contribution in [2.45, 2.75) is 50.9 Å². The van der Waals surface area contributed by atoms with Crippen LogP contribution in [0.2, 0.25) is 5.02 Å². The van der Waals surface area contributed by atoms with Crippen LogP contribution in [0.5, 0.6) is 0 Å². The molecule has 2 rings (SSSR count). The Hall–Kier alpha value is -1.34. The van der Waals surface area contributed by atoms with E-state index in [-0.39, 0.29) is 19.3 Å². The number of aliphatic hydroxyl groups is 1.